The first kappa shape index (κ1) is 14.0. The SMILES string of the molecule is O=S(=O)(CCO)NCCCOc1ccccc1. The maximum Gasteiger partial charge on any atom is 0.213 e. The molecule has 0 unspecified atom stereocenters. The van der Waals surface area contributed by atoms with Crippen molar-refractivity contribution in [1.82, 2.24) is 4.72 Å². The van der Waals surface area contributed by atoms with E-state index in [4.69, 9.17) is 9.84 Å². The van der Waals surface area contributed by atoms with Gasteiger partial charge in [-0.1, -0.05) is 18.2 Å². The third kappa shape index (κ3) is 6.25. The Morgan fingerprint density at radius 2 is 1.94 bits per heavy atom. The Labute approximate surface area is 101 Å². The summed E-state index contributed by atoms with van der Waals surface area (Å²) in [7, 11) is -3.33. The lowest BCUT2D eigenvalue weighted by Gasteiger charge is -2.07. The van der Waals surface area contributed by atoms with Crippen molar-refractivity contribution in [1.29, 1.82) is 0 Å². The number of nitrogens with one attached hydrogen (secondary N) is 1. The third-order valence-electron chi connectivity index (χ3n) is 2.02. The molecule has 0 aliphatic carbocycles. The zero-order valence-corrected chi connectivity index (χ0v) is 10.3. The molecule has 0 fully saturated rings. The van der Waals surface area contributed by atoms with Gasteiger partial charge < -0.3 is 9.84 Å². The summed E-state index contributed by atoms with van der Waals surface area (Å²) in [6.07, 6.45) is 0.583. The fourth-order valence-electron chi connectivity index (χ4n) is 1.20. The average Bonchev–Trinajstić information content (AvgIpc) is 2.30. The smallest absolute Gasteiger partial charge is 0.213 e. The molecule has 0 atom stereocenters. The molecule has 0 bridgehead atoms. The van der Waals surface area contributed by atoms with E-state index < -0.39 is 10.0 Å². The summed E-state index contributed by atoms with van der Waals surface area (Å²) in [4.78, 5) is 0. The van der Waals surface area contributed by atoms with Gasteiger partial charge in [-0.2, -0.15) is 0 Å². The summed E-state index contributed by atoms with van der Waals surface area (Å²) in [6, 6.07) is 9.33. The van der Waals surface area contributed by atoms with E-state index in [1.165, 1.54) is 0 Å². The molecule has 5 nitrogen and oxygen atoms in total. The van der Waals surface area contributed by atoms with Crippen LogP contribution in [0.5, 0.6) is 5.75 Å². The van der Waals surface area contributed by atoms with Gasteiger partial charge in [0.2, 0.25) is 10.0 Å². The van der Waals surface area contributed by atoms with Crippen molar-refractivity contribution < 1.29 is 18.3 Å². The molecule has 1 aromatic rings. The first-order valence-corrected chi connectivity index (χ1v) is 7.05. The van der Waals surface area contributed by atoms with E-state index >= 15 is 0 Å². The van der Waals surface area contributed by atoms with E-state index in [1.54, 1.807) is 0 Å². The van der Waals surface area contributed by atoms with Gasteiger partial charge in [-0.05, 0) is 18.6 Å². The predicted molar refractivity (Wildman–Crippen MR) is 65.4 cm³/mol. The summed E-state index contributed by atoms with van der Waals surface area (Å²) in [5.41, 5.74) is 0. The molecule has 6 heteroatoms. The van der Waals surface area contributed by atoms with Crippen LogP contribution in [0.25, 0.3) is 0 Å². The fourth-order valence-corrected chi connectivity index (χ4v) is 2.04. The van der Waals surface area contributed by atoms with Gasteiger partial charge in [0, 0.05) is 6.54 Å². The second kappa shape index (κ2) is 7.26. The molecule has 17 heavy (non-hydrogen) atoms. The summed E-state index contributed by atoms with van der Waals surface area (Å²) in [5.74, 6) is 0.512. The van der Waals surface area contributed by atoms with Crippen LogP contribution in [0.15, 0.2) is 30.3 Å². The molecule has 1 aromatic carbocycles. The standard InChI is InChI=1S/C11H17NO4S/c13-8-10-17(14,15)12-7-4-9-16-11-5-2-1-3-6-11/h1-3,5-6,12-13H,4,7-10H2. The topological polar surface area (TPSA) is 75.6 Å². The normalized spacial score (nSPS) is 11.4. The molecule has 0 radical (unpaired) electrons. The van der Waals surface area contributed by atoms with Gasteiger partial charge in [-0.25, -0.2) is 13.1 Å². The number of aliphatic hydroxyl groups is 1. The van der Waals surface area contributed by atoms with Crippen molar-refractivity contribution in [2.75, 3.05) is 25.5 Å². The Kier molecular flexibility index (Phi) is 5.96. The molecular weight excluding hydrogens is 242 g/mol. The van der Waals surface area contributed by atoms with Crippen LogP contribution in [-0.4, -0.2) is 39.0 Å². The van der Waals surface area contributed by atoms with E-state index in [-0.39, 0.29) is 12.4 Å². The molecule has 0 saturated heterocycles. The van der Waals surface area contributed by atoms with Crippen molar-refractivity contribution in [2.24, 2.45) is 0 Å². The fraction of sp³-hybridized carbons (Fsp3) is 0.455. The monoisotopic (exact) mass is 259 g/mol. The molecule has 0 amide bonds. The number of rotatable bonds is 8. The quantitative estimate of drug-likeness (QED) is 0.661. The molecule has 2 N–H and O–H groups in total. The van der Waals surface area contributed by atoms with Gasteiger partial charge in [0.15, 0.2) is 0 Å². The minimum Gasteiger partial charge on any atom is -0.494 e. The van der Waals surface area contributed by atoms with Crippen LogP contribution in [0, 0.1) is 0 Å². The van der Waals surface area contributed by atoms with Crippen LogP contribution in [-0.2, 0) is 10.0 Å². The molecule has 1 rings (SSSR count). The number of para-hydroxylation sites is 1. The van der Waals surface area contributed by atoms with Gasteiger partial charge in [0.1, 0.15) is 5.75 Å². The minimum atomic E-state index is -3.33. The van der Waals surface area contributed by atoms with Crippen molar-refractivity contribution >= 4 is 10.0 Å². The van der Waals surface area contributed by atoms with Crippen LogP contribution in [0.1, 0.15) is 6.42 Å². The van der Waals surface area contributed by atoms with Crippen LogP contribution in [0.4, 0.5) is 0 Å². The highest BCUT2D eigenvalue weighted by Gasteiger charge is 2.07. The molecule has 96 valence electrons. The first-order valence-electron chi connectivity index (χ1n) is 5.40. The first-order chi connectivity index (χ1) is 8.14. The molecule has 0 aromatic heterocycles. The van der Waals surface area contributed by atoms with Crippen LogP contribution in [0.3, 0.4) is 0 Å². The van der Waals surface area contributed by atoms with Crippen LogP contribution in [0.2, 0.25) is 0 Å². The van der Waals surface area contributed by atoms with Crippen molar-refractivity contribution in [3.05, 3.63) is 30.3 Å². The summed E-state index contributed by atoms with van der Waals surface area (Å²) in [6.45, 7) is 0.399. The molecule has 0 aliphatic rings. The predicted octanol–water partition coefficient (Wildman–Crippen LogP) is 0.367. The van der Waals surface area contributed by atoms with E-state index in [1.807, 2.05) is 30.3 Å². The Morgan fingerprint density at radius 3 is 2.59 bits per heavy atom. The summed E-state index contributed by atoms with van der Waals surface area (Å²) >= 11 is 0. The highest BCUT2D eigenvalue weighted by Crippen LogP contribution is 2.07. The van der Waals surface area contributed by atoms with Crippen LogP contribution >= 0.6 is 0 Å². The minimum absolute atomic E-state index is 0.257. The Morgan fingerprint density at radius 1 is 1.24 bits per heavy atom. The lowest BCUT2D eigenvalue weighted by Crippen LogP contribution is -2.29. The maximum atomic E-state index is 11.2. The van der Waals surface area contributed by atoms with E-state index in [2.05, 4.69) is 4.72 Å². The van der Waals surface area contributed by atoms with Crippen molar-refractivity contribution in [2.45, 2.75) is 6.42 Å². The molecule has 0 saturated carbocycles. The second-order valence-corrected chi connectivity index (χ2v) is 5.38. The van der Waals surface area contributed by atoms with Crippen molar-refractivity contribution in [3.8, 4) is 5.75 Å². The summed E-state index contributed by atoms with van der Waals surface area (Å²) < 4.78 is 30.1. The average molecular weight is 259 g/mol. The molecule has 0 spiro atoms. The lowest BCUT2D eigenvalue weighted by molar-refractivity contribution is 0.310. The zero-order valence-electron chi connectivity index (χ0n) is 9.50. The second-order valence-electron chi connectivity index (χ2n) is 3.45. The third-order valence-corrected chi connectivity index (χ3v) is 3.38. The maximum absolute atomic E-state index is 11.2. The number of benzene rings is 1. The number of hydrogen-bond donors (Lipinski definition) is 2. The van der Waals surface area contributed by atoms with Crippen molar-refractivity contribution in [3.63, 3.8) is 0 Å². The van der Waals surface area contributed by atoms with Gasteiger partial charge in [-0.15, -0.1) is 0 Å². The largest absolute Gasteiger partial charge is 0.494 e. The van der Waals surface area contributed by atoms with Crippen LogP contribution < -0.4 is 9.46 Å². The molecule has 0 aliphatic heterocycles. The van der Waals surface area contributed by atoms with E-state index in [0.29, 0.717) is 19.6 Å². The van der Waals surface area contributed by atoms with E-state index in [9.17, 15) is 8.42 Å². The van der Waals surface area contributed by atoms with Gasteiger partial charge >= 0.3 is 0 Å². The summed E-state index contributed by atoms with van der Waals surface area (Å²) in [5, 5.41) is 8.51. The Balaban J connectivity index is 2.13. The number of hydrogen-bond acceptors (Lipinski definition) is 4. The Hall–Kier alpha value is -1.11. The molecule has 0 heterocycles. The number of sulfonamides is 1. The Bertz CT molecular complexity index is 405. The highest BCUT2D eigenvalue weighted by atomic mass is 32.2. The van der Waals surface area contributed by atoms with E-state index in [0.717, 1.165) is 5.75 Å². The van der Waals surface area contributed by atoms with Gasteiger partial charge in [0.25, 0.3) is 0 Å². The van der Waals surface area contributed by atoms with Gasteiger partial charge in [0.05, 0.1) is 19.0 Å². The molecular formula is C11H17NO4S. The number of aliphatic hydroxyl groups excluding tert-OH is 1. The highest BCUT2D eigenvalue weighted by molar-refractivity contribution is 7.89. The van der Waals surface area contributed by atoms with Gasteiger partial charge in [-0.3, -0.25) is 0 Å². The lowest BCUT2D eigenvalue weighted by atomic mass is 10.3. The zero-order chi connectivity index (χ0) is 12.6. The number of ether oxygens (including phenoxy) is 1.